The molecule has 0 aliphatic heterocycles. The molecule has 0 aliphatic rings. The number of benzene rings is 2. The summed E-state index contributed by atoms with van der Waals surface area (Å²) in [5, 5.41) is 7.23. The molecule has 3 rings (SSSR count). The Kier molecular flexibility index (Phi) is 4.09. The molecule has 0 unspecified atom stereocenters. The molecule has 0 bridgehead atoms. The number of hydrogen-bond donors (Lipinski definition) is 1. The summed E-state index contributed by atoms with van der Waals surface area (Å²) in [5.41, 5.74) is 1.32. The summed E-state index contributed by atoms with van der Waals surface area (Å²) in [4.78, 5) is 5.78. The molecule has 0 aliphatic carbocycles. The molecule has 2 aromatic carbocycles. The van der Waals surface area contributed by atoms with E-state index in [1.807, 2.05) is 6.20 Å². The lowest BCUT2D eigenvalue weighted by Gasteiger charge is -2.05. The fourth-order valence-electron chi connectivity index (χ4n) is 2.26. The first-order chi connectivity index (χ1) is 9.85. The molecular formula is C17H18N2S. The molecule has 0 amide bonds. The predicted octanol–water partition coefficient (Wildman–Crippen LogP) is 4.15. The van der Waals surface area contributed by atoms with E-state index in [9.17, 15) is 0 Å². The Balaban J connectivity index is 1.62. The molecule has 0 radical (unpaired) electrons. The molecule has 2 nitrogen and oxygen atoms in total. The Morgan fingerprint density at radius 1 is 1.05 bits per heavy atom. The van der Waals surface area contributed by atoms with Crippen molar-refractivity contribution in [2.75, 3.05) is 0 Å². The van der Waals surface area contributed by atoms with Crippen LogP contribution in [0.25, 0.3) is 10.8 Å². The first-order valence-electron chi connectivity index (χ1n) is 6.97. The molecule has 3 aromatic rings. The zero-order valence-corrected chi connectivity index (χ0v) is 12.4. The quantitative estimate of drug-likeness (QED) is 0.760. The van der Waals surface area contributed by atoms with E-state index in [-0.39, 0.29) is 0 Å². The fourth-order valence-corrected chi connectivity index (χ4v) is 3.09. The van der Waals surface area contributed by atoms with Crippen molar-refractivity contribution in [3.63, 3.8) is 0 Å². The van der Waals surface area contributed by atoms with Crippen molar-refractivity contribution in [1.29, 1.82) is 0 Å². The monoisotopic (exact) mass is 282 g/mol. The zero-order valence-electron chi connectivity index (χ0n) is 11.6. The summed E-state index contributed by atoms with van der Waals surface area (Å²) >= 11 is 1.80. The van der Waals surface area contributed by atoms with Crippen molar-refractivity contribution in [3.8, 4) is 0 Å². The normalized spacial score (nSPS) is 11.1. The number of aryl methyl sites for hydroxylation is 1. The summed E-state index contributed by atoms with van der Waals surface area (Å²) in [5.74, 6) is 0. The van der Waals surface area contributed by atoms with E-state index in [4.69, 9.17) is 0 Å². The van der Waals surface area contributed by atoms with E-state index < -0.39 is 0 Å². The van der Waals surface area contributed by atoms with Gasteiger partial charge in [-0.25, -0.2) is 4.98 Å². The lowest BCUT2D eigenvalue weighted by Crippen LogP contribution is -2.12. The van der Waals surface area contributed by atoms with Crippen molar-refractivity contribution >= 4 is 22.1 Å². The number of nitrogens with zero attached hydrogens (tertiary/aromatic N) is 1. The second kappa shape index (κ2) is 6.16. The molecule has 102 valence electrons. The van der Waals surface area contributed by atoms with Gasteiger partial charge in [0.05, 0.1) is 0 Å². The number of nitrogens with one attached hydrogen (secondary N) is 1. The van der Waals surface area contributed by atoms with E-state index in [0.717, 1.165) is 19.5 Å². The van der Waals surface area contributed by atoms with Gasteiger partial charge < -0.3 is 5.32 Å². The number of hydrogen-bond acceptors (Lipinski definition) is 3. The van der Waals surface area contributed by atoms with E-state index in [2.05, 4.69) is 59.7 Å². The van der Waals surface area contributed by atoms with Crippen molar-refractivity contribution in [1.82, 2.24) is 10.3 Å². The maximum Gasteiger partial charge on any atom is 0.107 e. The van der Waals surface area contributed by atoms with Gasteiger partial charge in [0.1, 0.15) is 5.01 Å². The molecule has 3 heteroatoms. The molecule has 1 heterocycles. The van der Waals surface area contributed by atoms with Crippen molar-refractivity contribution in [2.45, 2.75) is 26.4 Å². The van der Waals surface area contributed by atoms with Gasteiger partial charge in [0.15, 0.2) is 0 Å². The molecule has 0 atom stereocenters. The summed E-state index contributed by atoms with van der Waals surface area (Å²) in [7, 11) is 0. The standard InChI is InChI=1S/C17H18N2S/c1-2-16-11-19-17(20-16)12-18-10-13-7-8-14-5-3-4-6-15(14)9-13/h3-9,11,18H,2,10,12H2,1H3. The minimum Gasteiger partial charge on any atom is -0.306 e. The van der Waals surface area contributed by atoms with Crippen molar-refractivity contribution in [3.05, 3.63) is 64.1 Å². The van der Waals surface area contributed by atoms with Gasteiger partial charge in [-0.1, -0.05) is 43.3 Å². The van der Waals surface area contributed by atoms with Gasteiger partial charge in [-0.3, -0.25) is 0 Å². The van der Waals surface area contributed by atoms with Crippen molar-refractivity contribution < 1.29 is 0 Å². The second-order valence-electron chi connectivity index (χ2n) is 4.86. The third-order valence-electron chi connectivity index (χ3n) is 3.37. The Hall–Kier alpha value is -1.71. The lowest BCUT2D eigenvalue weighted by atomic mass is 10.1. The van der Waals surface area contributed by atoms with Gasteiger partial charge in [0.2, 0.25) is 0 Å². The molecule has 1 N–H and O–H groups in total. The van der Waals surface area contributed by atoms with Crippen LogP contribution in [0.1, 0.15) is 22.4 Å². The SMILES string of the molecule is CCc1cnc(CNCc2ccc3ccccc3c2)s1. The number of aromatic nitrogens is 1. The molecule has 1 aromatic heterocycles. The third-order valence-corrected chi connectivity index (χ3v) is 4.51. The van der Waals surface area contributed by atoms with Crippen LogP contribution in [-0.2, 0) is 19.5 Å². The minimum atomic E-state index is 0.845. The Morgan fingerprint density at radius 3 is 2.70 bits per heavy atom. The summed E-state index contributed by atoms with van der Waals surface area (Å²) in [6, 6.07) is 15.1. The van der Waals surface area contributed by atoms with Crippen molar-refractivity contribution in [2.24, 2.45) is 0 Å². The second-order valence-corrected chi connectivity index (χ2v) is 6.06. The van der Waals surface area contributed by atoms with Gasteiger partial charge in [-0.2, -0.15) is 0 Å². The van der Waals surface area contributed by atoms with Gasteiger partial charge in [0.25, 0.3) is 0 Å². The molecule has 0 saturated heterocycles. The van der Waals surface area contributed by atoms with Crippen LogP contribution in [0, 0.1) is 0 Å². The molecular weight excluding hydrogens is 264 g/mol. The summed E-state index contributed by atoms with van der Waals surface area (Å²) in [6.07, 6.45) is 3.06. The van der Waals surface area contributed by atoms with Crippen LogP contribution >= 0.6 is 11.3 Å². The summed E-state index contributed by atoms with van der Waals surface area (Å²) in [6.45, 7) is 3.89. The molecule has 0 fully saturated rings. The number of fused-ring (bicyclic) bond motifs is 1. The van der Waals surface area contributed by atoms with E-state index in [1.165, 1.54) is 26.2 Å². The average Bonchev–Trinajstić information content (AvgIpc) is 2.95. The highest BCUT2D eigenvalue weighted by Gasteiger charge is 2.01. The predicted molar refractivity (Wildman–Crippen MR) is 86.0 cm³/mol. The Bertz CT molecular complexity index is 703. The van der Waals surface area contributed by atoms with Crippen LogP contribution in [0.3, 0.4) is 0 Å². The number of thiazole rings is 1. The zero-order chi connectivity index (χ0) is 13.8. The molecule has 0 saturated carbocycles. The van der Waals surface area contributed by atoms with Crippen LogP contribution in [0.2, 0.25) is 0 Å². The molecule has 0 spiro atoms. The van der Waals surface area contributed by atoms with Gasteiger partial charge in [-0.15, -0.1) is 11.3 Å². The topological polar surface area (TPSA) is 24.9 Å². The van der Waals surface area contributed by atoms with E-state index in [0.29, 0.717) is 0 Å². The highest BCUT2D eigenvalue weighted by atomic mass is 32.1. The maximum absolute atomic E-state index is 4.42. The largest absolute Gasteiger partial charge is 0.306 e. The van der Waals surface area contributed by atoms with Gasteiger partial charge >= 0.3 is 0 Å². The van der Waals surface area contributed by atoms with E-state index >= 15 is 0 Å². The highest BCUT2D eigenvalue weighted by Crippen LogP contribution is 2.16. The minimum absolute atomic E-state index is 0.845. The molecule has 20 heavy (non-hydrogen) atoms. The third kappa shape index (κ3) is 3.06. The Morgan fingerprint density at radius 2 is 1.90 bits per heavy atom. The highest BCUT2D eigenvalue weighted by molar-refractivity contribution is 7.11. The van der Waals surface area contributed by atoms with Crippen LogP contribution in [-0.4, -0.2) is 4.98 Å². The Labute approximate surface area is 123 Å². The smallest absolute Gasteiger partial charge is 0.107 e. The van der Waals surface area contributed by atoms with Crippen LogP contribution in [0.15, 0.2) is 48.7 Å². The maximum atomic E-state index is 4.42. The van der Waals surface area contributed by atoms with Gasteiger partial charge in [-0.05, 0) is 28.8 Å². The van der Waals surface area contributed by atoms with Gasteiger partial charge in [0, 0.05) is 24.2 Å². The first kappa shape index (κ1) is 13.3. The van der Waals surface area contributed by atoms with Crippen LogP contribution in [0.4, 0.5) is 0 Å². The van der Waals surface area contributed by atoms with Crippen LogP contribution in [0.5, 0.6) is 0 Å². The van der Waals surface area contributed by atoms with E-state index in [1.54, 1.807) is 11.3 Å². The van der Waals surface area contributed by atoms with Crippen LogP contribution < -0.4 is 5.32 Å². The number of rotatable bonds is 5. The fraction of sp³-hybridized carbons (Fsp3) is 0.235. The average molecular weight is 282 g/mol. The lowest BCUT2D eigenvalue weighted by molar-refractivity contribution is 0.690. The first-order valence-corrected chi connectivity index (χ1v) is 7.79. The summed E-state index contributed by atoms with van der Waals surface area (Å²) < 4.78 is 0.